The minimum Gasteiger partial charge on any atom is -0.329 e. The second-order valence-electron chi connectivity index (χ2n) is 4.61. The highest BCUT2D eigenvalue weighted by Gasteiger charge is 2.22. The summed E-state index contributed by atoms with van der Waals surface area (Å²) < 4.78 is 0. The van der Waals surface area contributed by atoms with Crippen molar-refractivity contribution in [3.05, 3.63) is 48.3 Å². The van der Waals surface area contributed by atoms with Crippen LogP contribution in [-0.2, 0) is 4.79 Å². The number of nitrogens with one attached hydrogen (secondary N) is 1. The number of carbonyl (C=O) groups is 2. The van der Waals surface area contributed by atoms with Gasteiger partial charge in [-0.2, -0.15) is 0 Å². The zero-order valence-electron chi connectivity index (χ0n) is 11.0. The molecule has 0 aliphatic carbocycles. The van der Waals surface area contributed by atoms with Crippen molar-refractivity contribution in [1.29, 1.82) is 0 Å². The molecule has 100 valence electrons. The topological polar surface area (TPSA) is 62.3 Å². The molecule has 0 spiro atoms. The van der Waals surface area contributed by atoms with Crippen molar-refractivity contribution in [2.24, 2.45) is 0 Å². The zero-order chi connectivity index (χ0) is 14.1. The van der Waals surface area contributed by atoms with Crippen LogP contribution in [0.15, 0.2) is 42.6 Å². The van der Waals surface area contributed by atoms with Gasteiger partial charge < -0.3 is 10.2 Å². The summed E-state index contributed by atoms with van der Waals surface area (Å²) in [6.45, 7) is 1.71. The normalized spacial score (nSPS) is 13.7. The number of amides is 1. The van der Waals surface area contributed by atoms with Gasteiger partial charge in [-0.05, 0) is 24.3 Å². The summed E-state index contributed by atoms with van der Waals surface area (Å²) in [6.07, 6.45) is 1.62. The van der Waals surface area contributed by atoms with E-state index in [-0.39, 0.29) is 18.2 Å². The molecule has 1 aliphatic rings. The second-order valence-corrected chi connectivity index (χ2v) is 4.61. The molecule has 1 aromatic carbocycles. The first kappa shape index (κ1) is 12.3. The molecule has 0 atom stereocenters. The van der Waals surface area contributed by atoms with E-state index in [9.17, 15) is 9.59 Å². The quantitative estimate of drug-likeness (QED) is 0.848. The Balaban J connectivity index is 2.01. The van der Waals surface area contributed by atoms with Gasteiger partial charge in [-0.3, -0.25) is 14.6 Å². The summed E-state index contributed by atoms with van der Waals surface area (Å²) in [6, 6.07) is 11.1. The third-order valence-electron chi connectivity index (χ3n) is 3.19. The molecule has 3 rings (SSSR count). The van der Waals surface area contributed by atoms with E-state index in [1.165, 1.54) is 6.92 Å². The fraction of sp³-hybridized carbons (Fsp3) is 0.133. The molecule has 5 heteroatoms. The molecule has 2 aromatic rings. The summed E-state index contributed by atoms with van der Waals surface area (Å²) in [5, 5.41) is 2.83. The third kappa shape index (κ3) is 2.14. The van der Waals surface area contributed by atoms with Crippen LogP contribution in [0.25, 0.3) is 0 Å². The lowest BCUT2D eigenvalue weighted by Gasteiger charge is -2.30. The van der Waals surface area contributed by atoms with Gasteiger partial charge in [-0.25, -0.2) is 0 Å². The molecule has 1 N–H and O–H groups in total. The maximum atomic E-state index is 11.8. The number of ketones is 1. The predicted molar refractivity (Wildman–Crippen MR) is 76.3 cm³/mol. The number of hydrogen-bond acceptors (Lipinski definition) is 4. The molecule has 1 amide bonds. The lowest BCUT2D eigenvalue weighted by atomic mass is 10.1. The van der Waals surface area contributed by atoms with Crippen LogP contribution in [0, 0.1) is 0 Å². The Morgan fingerprint density at radius 3 is 2.75 bits per heavy atom. The van der Waals surface area contributed by atoms with Crippen LogP contribution in [0.3, 0.4) is 0 Å². The standard InChI is InChI=1S/C15H13N3O2/c1-10(19)12-7-6-11(8-16-12)18-9-15(20)17-13-4-2-3-5-14(13)18/h2-8H,9H2,1H3,(H,17,20). The van der Waals surface area contributed by atoms with Crippen molar-refractivity contribution in [2.75, 3.05) is 16.8 Å². The van der Waals surface area contributed by atoms with E-state index in [1.807, 2.05) is 29.2 Å². The number of carbonyl (C=O) groups excluding carboxylic acids is 2. The molecule has 2 heterocycles. The Kier molecular flexibility index (Phi) is 2.95. The molecule has 1 aliphatic heterocycles. The molecule has 0 saturated heterocycles. The number of pyridine rings is 1. The molecule has 1 aromatic heterocycles. The Bertz CT molecular complexity index is 680. The molecule has 0 radical (unpaired) electrons. The van der Waals surface area contributed by atoms with Gasteiger partial charge in [-0.1, -0.05) is 12.1 Å². The fourth-order valence-electron chi connectivity index (χ4n) is 2.22. The average molecular weight is 267 g/mol. The van der Waals surface area contributed by atoms with E-state index in [0.717, 1.165) is 17.1 Å². The van der Waals surface area contributed by atoms with Gasteiger partial charge in [0.25, 0.3) is 0 Å². The van der Waals surface area contributed by atoms with Gasteiger partial charge in [0.05, 0.1) is 23.3 Å². The molecular formula is C15H13N3O2. The summed E-state index contributed by atoms with van der Waals surface area (Å²) in [5.74, 6) is -0.146. The number of anilines is 3. The second kappa shape index (κ2) is 4.77. The molecule has 0 unspecified atom stereocenters. The molecule has 0 bridgehead atoms. The summed E-state index contributed by atoms with van der Waals surface area (Å²) in [4.78, 5) is 29.0. The predicted octanol–water partition coefficient (Wildman–Crippen LogP) is 2.37. The monoisotopic (exact) mass is 267 g/mol. The van der Waals surface area contributed by atoms with Crippen LogP contribution in [-0.4, -0.2) is 23.2 Å². The highest BCUT2D eigenvalue weighted by Crippen LogP contribution is 2.34. The number of benzene rings is 1. The maximum Gasteiger partial charge on any atom is 0.244 e. The van der Waals surface area contributed by atoms with Crippen LogP contribution >= 0.6 is 0 Å². The molecular weight excluding hydrogens is 254 g/mol. The van der Waals surface area contributed by atoms with Crippen molar-refractivity contribution in [2.45, 2.75) is 6.92 Å². The molecule has 5 nitrogen and oxygen atoms in total. The van der Waals surface area contributed by atoms with E-state index >= 15 is 0 Å². The van der Waals surface area contributed by atoms with Gasteiger partial charge >= 0.3 is 0 Å². The Hall–Kier alpha value is -2.69. The van der Waals surface area contributed by atoms with Gasteiger partial charge in [0.2, 0.25) is 5.91 Å². The van der Waals surface area contributed by atoms with Crippen LogP contribution < -0.4 is 10.2 Å². The van der Waals surface area contributed by atoms with E-state index < -0.39 is 0 Å². The van der Waals surface area contributed by atoms with E-state index in [0.29, 0.717) is 5.69 Å². The SMILES string of the molecule is CC(=O)c1ccc(N2CC(=O)Nc3ccccc32)cn1. The zero-order valence-corrected chi connectivity index (χ0v) is 11.0. The van der Waals surface area contributed by atoms with E-state index in [2.05, 4.69) is 10.3 Å². The van der Waals surface area contributed by atoms with Crippen molar-refractivity contribution >= 4 is 28.8 Å². The third-order valence-corrected chi connectivity index (χ3v) is 3.19. The number of fused-ring (bicyclic) bond motifs is 1. The Labute approximate surface area is 116 Å². The van der Waals surface area contributed by atoms with Crippen LogP contribution in [0.5, 0.6) is 0 Å². The van der Waals surface area contributed by atoms with Gasteiger partial charge in [-0.15, -0.1) is 0 Å². The lowest BCUT2D eigenvalue weighted by molar-refractivity contribution is -0.115. The lowest BCUT2D eigenvalue weighted by Crippen LogP contribution is -2.35. The smallest absolute Gasteiger partial charge is 0.244 e. The van der Waals surface area contributed by atoms with Crippen LogP contribution in [0.4, 0.5) is 17.1 Å². The van der Waals surface area contributed by atoms with E-state index in [1.54, 1.807) is 18.3 Å². The van der Waals surface area contributed by atoms with Crippen molar-refractivity contribution < 1.29 is 9.59 Å². The first-order valence-corrected chi connectivity index (χ1v) is 6.28. The number of aromatic nitrogens is 1. The van der Waals surface area contributed by atoms with Crippen molar-refractivity contribution in [3.63, 3.8) is 0 Å². The largest absolute Gasteiger partial charge is 0.329 e. The van der Waals surface area contributed by atoms with Gasteiger partial charge in [0.1, 0.15) is 12.2 Å². The summed E-state index contributed by atoms with van der Waals surface area (Å²) >= 11 is 0. The van der Waals surface area contributed by atoms with Gasteiger partial charge in [0.15, 0.2) is 5.78 Å². The van der Waals surface area contributed by atoms with Gasteiger partial charge in [0, 0.05) is 6.92 Å². The first-order chi connectivity index (χ1) is 9.65. The number of hydrogen-bond donors (Lipinski definition) is 1. The Morgan fingerprint density at radius 1 is 1.25 bits per heavy atom. The fourth-order valence-corrected chi connectivity index (χ4v) is 2.22. The summed E-state index contributed by atoms with van der Waals surface area (Å²) in [5.41, 5.74) is 2.91. The first-order valence-electron chi connectivity index (χ1n) is 6.28. The van der Waals surface area contributed by atoms with Crippen molar-refractivity contribution in [1.82, 2.24) is 4.98 Å². The number of rotatable bonds is 2. The van der Waals surface area contributed by atoms with Crippen LogP contribution in [0.1, 0.15) is 17.4 Å². The van der Waals surface area contributed by atoms with Crippen molar-refractivity contribution in [3.8, 4) is 0 Å². The average Bonchev–Trinajstić information content (AvgIpc) is 2.46. The molecule has 0 saturated carbocycles. The maximum absolute atomic E-state index is 11.8. The highest BCUT2D eigenvalue weighted by atomic mass is 16.2. The minimum atomic E-state index is -0.0756. The van der Waals surface area contributed by atoms with Crippen LogP contribution in [0.2, 0.25) is 0 Å². The molecule has 20 heavy (non-hydrogen) atoms. The summed E-state index contributed by atoms with van der Waals surface area (Å²) in [7, 11) is 0. The van der Waals surface area contributed by atoms with E-state index in [4.69, 9.17) is 0 Å². The Morgan fingerprint density at radius 2 is 2.05 bits per heavy atom. The number of para-hydroxylation sites is 2. The number of nitrogens with zero attached hydrogens (tertiary/aromatic N) is 2. The minimum absolute atomic E-state index is 0.0701. The molecule has 0 fully saturated rings. The highest BCUT2D eigenvalue weighted by molar-refractivity contribution is 6.03. The number of Topliss-reactive ketones (excluding diaryl/α,β-unsaturated/α-hetero) is 1.